The van der Waals surface area contributed by atoms with Gasteiger partial charge in [0.1, 0.15) is 11.3 Å². The lowest BCUT2D eigenvalue weighted by molar-refractivity contribution is -0.143. The first-order valence-corrected chi connectivity index (χ1v) is 8.36. The van der Waals surface area contributed by atoms with E-state index in [9.17, 15) is 35.5 Å². The maximum Gasteiger partial charge on any atom is 0.422 e. The Labute approximate surface area is 145 Å². The highest BCUT2D eigenvalue weighted by molar-refractivity contribution is 5.91. The van der Waals surface area contributed by atoms with Gasteiger partial charge in [-0.25, -0.2) is 17.6 Å². The van der Waals surface area contributed by atoms with Gasteiger partial charge in [-0.15, -0.1) is 0 Å². The second-order valence-corrected chi connectivity index (χ2v) is 6.45. The molecule has 0 unspecified atom stereocenters. The maximum absolute atomic E-state index is 13.7. The van der Waals surface area contributed by atoms with Gasteiger partial charge in [0.15, 0.2) is 23.3 Å². The fourth-order valence-electron chi connectivity index (χ4n) is 3.22. The topological polar surface area (TPSA) is 29.1 Å². The van der Waals surface area contributed by atoms with Crippen LogP contribution in [-0.2, 0) is 11.0 Å². The van der Waals surface area contributed by atoms with E-state index in [0.29, 0.717) is 12.3 Å². The van der Waals surface area contributed by atoms with Crippen LogP contribution in [0.5, 0.6) is 0 Å². The minimum Gasteiger partial charge on any atom is -0.321 e. The monoisotopic (exact) mass is 385 g/mol. The minimum absolute atomic E-state index is 0.153. The molecule has 0 aliphatic heterocycles. The molecular weight excluding hydrogens is 367 g/mol. The van der Waals surface area contributed by atoms with Gasteiger partial charge >= 0.3 is 6.18 Å². The Morgan fingerprint density at radius 2 is 1.46 bits per heavy atom. The molecule has 0 spiro atoms. The van der Waals surface area contributed by atoms with E-state index in [1.54, 1.807) is 5.32 Å². The number of benzene rings is 1. The fourth-order valence-corrected chi connectivity index (χ4v) is 3.22. The van der Waals surface area contributed by atoms with Gasteiger partial charge in [-0.05, 0) is 18.8 Å². The van der Waals surface area contributed by atoms with Crippen LogP contribution in [0.15, 0.2) is 0 Å². The summed E-state index contributed by atoms with van der Waals surface area (Å²) in [5, 5.41) is 1.64. The summed E-state index contributed by atoms with van der Waals surface area (Å²) in [4.78, 5) is 11.8. The van der Waals surface area contributed by atoms with Gasteiger partial charge < -0.3 is 5.32 Å². The van der Waals surface area contributed by atoms with Crippen molar-refractivity contribution in [3.63, 3.8) is 0 Å². The van der Waals surface area contributed by atoms with Crippen LogP contribution in [0, 0.1) is 29.2 Å². The van der Waals surface area contributed by atoms with E-state index >= 15 is 0 Å². The molecule has 0 bridgehead atoms. The van der Waals surface area contributed by atoms with Crippen molar-refractivity contribution in [1.29, 1.82) is 0 Å². The molecule has 1 aliphatic rings. The zero-order chi connectivity index (χ0) is 19.5. The van der Waals surface area contributed by atoms with Crippen molar-refractivity contribution in [3.05, 3.63) is 28.8 Å². The van der Waals surface area contributed by atoms with Gasteiger partial charge in [0.25, 0.3) is 0 Å². The van der Waals surface area contributed by atoms with Crippen LogP contribution in [0.4, 0.5) is 36.4 Å². The minimum atomic E-state index is -5.61. The molecule has 9 heteroatoms. The van der Waals surface area contributed by atoms with Gasteiger partial charge in [0.05, 0.1) is 0 Å². The number of nitrogens with one attached hydrogen (secondary N) is 1. The van der Waals surface area contributed by atoms with Crippen molar-refractivity contribution in [2.45, 2.75) is 57.5 Å². The van der Waals surface area contributed by atoms with Gasteiger partial charge in [0.2, 0.25) is 5.91 Å². The third-order valence-corrected chi connectivity index (χ3v) is 4.55. The molecule has 1 amide bonds. The molecule has 1 fully saturated rings. The number of carbonyl (C=O) groups is 1. The number of hydrogen-bond donors (Lipinski definition) is 1. The standard InChI is InChI=1S/C17H18F7NO/c18-12-11(17(22,23)24)13(19)15(21)16(14(12)20)25-10(26)8-4-7-9-5-2-1-3-6-9/h9H,1-8H2,(H,25,26). The SMILES string of the molecule is O=C(CCCC1CCCCC1)Nc1c(F)c(F)c(C(F)(F)F)c(F)c1F. The summed E-state index contributed by atoms with van der Waals surface area (Å²) in [5.74, 6) is -10.2. The van der Waals surface area contributed by atoms with E-state index in [2.05, 4.69) is 0 Å². The average Bonchev–Trinajstić information content (AvgIpc) is 2.57. The quantitative estimate of drug-likeness (QED) is 0.492. The maximum atomic E-state index is 13.7. The average molecular weight is 385 g/mol. The number of hydrogen-bond acceptors (Lipinski definition) is 1. The molecule has 1 N–H and O–H groups in total. The molecule has 1 aromatic rings. The lowest BCUT2D eigenvalue weighted by atomic mass is 9.86. The van der Waals surface area contributed by atoms with Crippen molar-refractivity contribution in [1.82, 2.24) is 0 Å². The Morgan fingerprint density at radius 3 is 1.96 bits per heavy atom. The highest BCUT2D eigenvalue weighted by Gasteiger charge is 2.42. The van der Waals surface area contributed by atoms with Gasteiger partial charge in [-0.2, -0.15) is 13.2 Å². The summed E-state index contributed by atoms with van der Waals surface area (Å²) >= 11 is 0. The predicted octanol–water partition coefficient (Wildman–Crippen LogP) is 5.95. The Hall–Kier alpha value is -1.80. The van der Waals surface area contributed by atoms with Crippen LogP contribution in [-0.4, -0.2) is 5.91 Å². The number of amides is 1. The molecule has 26 heavy (non-hydrogen) atoms. The van der Waals surface area contributed by atoms with Crippen LogP contribution in [0.1, 0.15) is 56.9 Å². The Kier molecular flexibility index (Phi) is 6.52. The molecule has 146 valence electrons. The van der Waals surface area contributed by atoms with Crippen LogP contribution < -0.4 is 5.32 Å². The highest BCUT2D eigenvalue weighted by atomic mass is 19.4. The number of anilines is 1. The van der Waals surface area contributed by atoms with E-state index < -0.39 is 46.6 Å². The van der Waals surface area contributed by atoms with Gasteiger partial charge in [-0.1, -0.05) is 32.1 Å². The molecule has 1 aliphatic carbocycles. The summed E-state index contributed by atoms with van der Waals surface area (Å²) < 4.78 is 91.9. The number of alkyl halides is 3. The summed E-state index contributed by atoms with van der Waals surface area (Å²) in [7, 11) is 0. The van der Waals surface area contributed by atoms with Crippen LogP contribution in [0.25, 0.3) is 0 Å². The first-order chi connectivity index (χ1) is 12.1. The van der Waals surface area contributed by atoms with Gasteiger partial charge in [0, 0.05) is 6.42 Å². The van der Waals surface area contributed by atoms with E-state index in [-0.39, 0.29) is 6.42 Å². The number of carbonyl (C=O) groups excluding carboxylic acids is 1. The molecule has 1 aromatic carbocycles. The van der Waals surface area contributed by atoms with E-state index in [1.165, 1.54) is 6.42 Å². The largest absolute Gasteiger partial charge is 0.422 e. The molecule has 0 aromatic heterocycles. The number of rotatable bonds is 5. The molecule has 0 atom stereocenters. The normalized spacial score (nSPS) is 16.0. The second kappa shape index (κ2) is 8.26. The van der Waals surface area contributed by atoms with E-state index in [0.717, 1.165) is 32.1 Å². The van der Waals surface area contributed by atoms with Crippen LogP contribution >= 0.6 is 0 Å². The summed E-state index contributed by atoms with van der Waals surface area (Å²) in [6, 6.07) is 0. The van der Waals surface area contributed by atoms with E-state index in [4.69, 9.17) is 0 Å². The third kappa shape index (κ3) is 4.67. The summed E-state index contributed by atoms with van der Waals surface area (Å²) in [6.45, 7) is 0. The molecule has 1 saturated carbocycles. The third-order valence-electron chi connectivity index (χ3n) is 4.55. The van der Waals surface area contributed by atoms with Crippen molar-refractivity contribution in [3.8, 4) is 0 Å². The van der Waals surface area contributed by atoms with Crippen LogP contribution in [0.3, 0.4) is 0 Å². The Bertz CT molecular complexity index is 637. The van der Waals surface area contributed by atoms with Gasteiger partial charge in [-0.3, -0.25) is 4.79 Å². The first kappa shape index (κ1) is 20.5. The van der Waals surface area contributed by atoms with Crippen LogP contribution in [0.2, 0.25) is 0 Å². The molecule has 0 saturated heterocycles. The molecular formula is C17H18F7NO. The van der Waals surface area contributed by atoms with Crippen molar-refractivity contribution < 1.29 is 35.5 Å². The lowest BCUT2D eigenvalue weighted by Crippen LogP contribution is -2.20. The van der Waals surface area contributed by atoms with E-state index in [1.807, 2.05) is 0 Å². The molecule has 2 nitrogen and oxygen atoms in total. The fraction of sp³-hybridized carbons (Fsp3) is 0.588. The lowest BCUT2D eigenvalue weighted by Gasteiger charge is -2.21. The molecule has 2 rings (SSSR count). The zero-order valence-electron chi connectivity index (χ0n) is 13.8. The summed E-state index contributed by atoms with van der Waals surface area (Å²) in [5.41, 5.74) is -4.21. The Morgan fingerprint density at radius 1 is 0.923 bits per heavy atom. The second-order valence-electron chi connectivity index (χ2n) is 6.45. The smallest absolute Gasteiger partial charge is 0.321 e. The van der Waals surface area contributed by atoms with Crippen molar-refractivity contribution >= 4 is 11.6 Å². The van der Waals surface area contributed by atoms with Crippen molar-refractivity contribution in [2.24, 2.45) is 5.92 Å². The first-order valence-electron chi connectivity index (χ1n) is 8.36. The highest BCUT2D eigenvalue weighted by Crippen LogP contribution is 2.38. The van der Waals surface area contributed by atoms with Crippen molar-refractivity contribution in [2.75, 3.05) is 5.32 Å². The Balaban J connectivity index is 2.05. The molecule has 0 radical (unpaired) electrons. The summed E-state index contributed by atoms with van der Waals surface area (Å²) in [6.07, 6.45) is 0.841. The number of halogens is 7. The molecule has 0 heterocycles. The predicted molar refractivity (Wildman–Crippen MR) is 80.3 cm³/mol. The zero-order valence-corrected chi connectivity index (χ0v) is 13.8.